The monoisotopic (exact) mass is 116 g/mol. The van der Waals surface area contributed by atoms with Crippen molar-refractivity contribution in [2.75, 3.05) is 0 Å². The normalized spacial score (nSPS) is 28.1. The fourth-order valence-corrected chi connectivity index (χ4v) is 0.896. The van der Waals surface area contributed by atoms with Crippen LogP contribution in [0.5, 0.6) is 0 Å². The molecule has 7 heavy (non-hydrogen) atoms. The van der Waals surface area contributed by atoms with Crippen molar-refractivity contribution in [1.82, 2.24) is 0 Å². The molecule has 0 saturated heterocycles. The van der Waals surface area contributed by atoms with Crippen LogP contribution in [-0.2, 0) is 11.0 Å². The molecule has 0 aliphatic carbocycles. The SMILES string of the molecule is CC1=NS(=O)C=N1. The van der Waals surface area contributed by atoms with Gasteiger partial charge in [-0.2, -0.15) is 4.40 Å². The molecule has 0 saturated carbocycles. The molecule has 0 N–H and O–H groups in total. The number of amidine groups is 1. The van der Waals surface area contributed by atoms with Gasteiger partial charge >= 0.3 is 0 Å². The Hall–Kier alpha value is -0.510. The van der Waals surface area contributed by atoms with Crippen LogP contribution in [0.2, 0.25) is 0 Å². The van der Waals surface area contributed by atoms with Gasteiger partial charge in [-0.1, -0.05) is 0 Å². The predicted octanol–water partition coefficient (Wildman–Crippen LogP) is 0.110. The highest BCUT2D eigenvalue weighted by Gasteiger charge is 1.98. The highest BCUT2D eigenvalue weighted by molar-refractivity contribution is 7.97. The predicted molar refractivity (Wildman–Crippen MR) is 29.7 cm³/mol. The average Bonchev–Trinajstić information content (AvgIpc) is 1.87. The van der Waals surface area contributed by atoms with Gasteiger partial charge in [-0.3, -0.25) is 0 Å². The van der Waals surface area contributed by atoms with E-state index in [1.807, 2.05) is 0 Å². The van der Waals surface area contributed by atoms with Crippen molar-refractivity contribution >= 4 is 22.4 Å². The van der Waals surface area contributed by atoms with Crippen LogP contribution in [0.4, 0.5) is 0 Å². The van der Waals surface area contributed by atoms with Crippen LogP contribution in [0.1, 0.15) is 6.92 Å². The summed E-state index contributed by atoms with van der Waals surface area (Å²) in [4.78, 5) is 3.64. The molecule has 1 aliphatic heterocycles. The molecule has 38 valence electrons. The molecule has 0 spiro atoms. The maximum absolute atomic E-state index is 10.2. The first-order valence-electron chi connectivity index (χ1n) is 1.79. The number of rotatable bonds is 0. The van der Waals surface area contributed by atoms with Gasteiger partial charge in [0.05, 0.1) is 0 Å². The Kier molecular flexibility index (Phi) is 1.02. The molecule has 1 rings (SSSR count). The molecule has 0 amide bonds. The van der Waals surface area contributed by atoms with Crippen molar-refractivity contribution in [2.24, 2.45) is 9.39 Å². The minimum atomic E-state index is -1.16. The Labute approximate surface area is 43.8 Å². The number of hydrogen-bond acceptors (Lipinski definition) is 2. The summed E-state index contributed by atoms with van der Waals surface area (Å²) in [6.07, 6.45) is 0. The molecule has 0 fully saturated rings. The maximum atomic E-state index is 10.2. The third-order valence-electron chi connectivity index (χ3n) is 0.552. The minimum absolute atomic E-state index is 0.596. The summed E-state index contributed by atoms with van der Waals surface area (Å²) in [5.74, 6) is 0.596. The molecular formula is C3H4N2OS. The minimum Gasteiger partial charge on any atom is -0.229 e. The van der Waals surface area contributed by atoms with E-state index in [2.05, 4.69) is 9.39 Å². The average molecular weight is 116 g/mol. The molecule has 0 radical (unpaired) electrons. The van der Waals surface area contributed by atoms with Crippen molar-refractivity contribution in [3.05, 3.63) is 0 Å². The number of aliphatic imine (C=N–C) groups is 1. The first-order chi connectivity index (χ1) is 3.29. The highest BCUT2D eigenvalue weighted by atomic mass is 32.2. The maximum Gasteiger partial charge on any atom is 0.185 e. The topological polar surface area (TPSA) is 41.8 Å². The summed E-state index contributed by atoms with van der Waals surface area (Å²) in [6.45, 7) is 1.71. The number of hydrogen-bond donors (Lipinski definition) is 0. The Morgan fingerprint density at radius 2 is 2.57 bits per heavy atom. The second kappa shape index (κ2) is 1.54. The summed E-state index contributed by atoms with van der Waals surface area (Å²) >= 11 is 0. The fourth-order valence-electron chi connectivity index (χ4n) is 0.299. The second-order valence-corrected chi connectivity index (χ2v) is 2.09. The van der Waals surface area contributed by atoms with E-state index < -0.39 is 11.0 Å². The summed E-state index contributed by atoms with van der Waals surface area (Å²) in [5.41, 5.74) is 1.31. The van der Waals surface area contributed by atoms with Crippen LogP contribution in [0.25, 0.3) is 0 Å². The van der Waals surface area contributed by atoms with Gasteiger partial charge in [0.1, 0.15) is 11.4 Å². The zero-order valence-electron chi connectivity index (χ0n) is 3.79. The molecule has 1 atom stereocenters. The van der Waals surface area contributed by atoms with Gasteiger partial charge in [-0.05, 0) is 6.92 Å². The van der Waals surface area contributed by atoms with E-state index in [0.717, 1.165) is 0 Å². The lowest BCUT2D eigenvalue weighted by Gasteiger charge is -1.70. The third kappa shape index (κ3) is 0.928. The fraction of sp³-hybridized carbons (Fsp3) is 0.333. The molecule has 1 aliphatic rings. The van der Waals surface area contributed by atoms with Crippen LogP contribution < -0.4 is 0 Å². The molecule has 4 heteroatoms. The van der Waals surface area contributed by atoms with Crippen molar-refractivity contribution in [3.63, 3.8) is 0 Å². The second-order valence-electron chi connectivity index (χ2n) is 1.15. The van der Waals surface area contributed by atoms with Gasteiger partial charge in [0.15, 0.2) is 11.0 Å². The lowest BCUT2D eigenvalue weighted by Crippen LogP contribution is -1.75. The highest BCUT2D eigenvalue weighted by Crippen LogP contribution is 1.91. The quantitative estimate of drug-likeness (QED) is 0.443. The molecule has 3 nitrogen and oxygen atoms in total. The van der Waals surface area contributed by atoms with Crippen molar-refractivity contribution in [2.45, 2.75) is 6.92 Å². The van der Waals surface area contributed by atoms with E-state index in [1.165, 1.54) is 5.55 Å². The molecule has 0 aromatic heterocycles. The van der Waals surface area contributed by atoms with Crippen LogP contribution in [-0.4, -0.2) is 15.6 Å². The molecule has 0 bridgehead atoms. The van der Waals surface area contributed by atoms with E-state index in [4.69, 9.17) is 0 Å². The Balaban J connectivity index is 2.88. The Morgan fingerprint density at radius 1 is 1.86 bits per heavy atom. The smallest absolute Gasteiger partial charge is 0.185 e. The number of nitrogens with zero attached hydrogens (tertiary/aromatic N) is 2. The summed E-state index contributed by atoms with van der Waals surface area (Å²) < 4.78 is 13.8. The lowest BCUT2D eigenvalue weighted by atomic mass is 10.7. The van der Waals surface area contributed by atoms with Crippen molar-refractivity contribution < 1.29 is 4.21 Å². The van der Waals surface area contributed by atoms with E-state index in [9.17, 15) is 4.21 Å². The molecular weight excluding hydrogens is 112 g/mol. The molecule has 1 unspecified atom stereocenters. The van der Waals surface area contributed by atoms with E-state index in [1.54, 1.807) is 6.92 Å². The van der Waals surface area contributed by atoms with Gasteiger partial charge in [0, 0.05) is 0 Å². The van der Waals surface area contributed by atoms with Gasteiger partial charge in [0.2, 0.25) is 0 Å². The zero-order valence-corrected chi connectivity index (χ0v) is 4.60. The standard InChI is InChI=1S/C3H4N2OS/c1-3-4-2-7(6)5-3/h2H,1H3. The lowest BCUT2D eigenvalue weighted by molar-refractivity contribution is 0.692. The molecule has 0 aromatic carbocycles. The van der Waals surface area contributed by atoms with Gasteiger partial charge in [0.25, 0.3) is 0 Å². The van der Waals surface area contributed by atoms with Gasteiger partial charge in [-0.15, -0.1) is 0 Å². The zero-order chi connectivity index (χ0) is 5.28. The van der Waals surface area contributed by atoms with Crippen molar-refractivity contribution in [1.29, 1.82) is 0 Å². The van der Waals surface area contributed by atoms with Crippen LogP contribution in [0.3, 0.4) is 0 Å². The molecule has 1 heterocycles. The molecule has 0 aromatic rings. The summed E-state index contributed by atoms with van der Waals surface area (Å²) in [7, 11) is -1.16. The van der Waals surface area contributed by atoms with Crippen LogP contribution in [0.15, 0.2) is 9.39 Å². The summed E-state index contributed by atoms with van der Waals surface area (Å²) in [5, 5.41) is 0. The first-order valence-corrected chi connectivity index (χ1v) is 2.96. The van der Waals surface area contributed by atoms with Crippen LogP contribution >= 0.6 is 0 Å². The van der Waals surface area contributed by atoms with Crippen LogP contribution in [0, 0.1) is 0 Å². The summed E-state index contributed by atoms with van der Waals surface area (Å²) in [6, 6.07) is 0. The first kappa shape index (κ1) is 4.64. The Morgan fingerprint density at radius 3 is 2.71 bits per heavy atom. The van der Waals surface area contributed by atoms with Crippen molar-refractivity contribution in [3.8, 4) is 0 Å². The van der Waals surface area contributed by atoms with E-state index in [0.29, 0.717) is 5.84 Å². The van der Waals surface area contributed by atoms with Gasteiger partial charge < -0.3 is 0 Å². The third-order valence-corrected chi connectivity index (χ3v) is 1.28. The van der Waals surface area contributed by atoms with E-state index in [-0.39, 0.29) is 0 Å². The van der Waals surface area contributed by atoms with E-state index >= 15 is 0 Å². The largest absolute Gasteiger partial charge is 0.229 e. The van der Waals surface area contributed by atoms with Gasteiger partial charge in [-0.25, -0.2) is 9.20 Å². The Bertz CT molecular complexity index is 160.